The van der Waals surface area contributed by atoms with Crippen molar-refractivity contribution >= 4 is 15.7 Å². The zero-order valence-electron chi connectivity index (χ0n) is 15.3. The minimum absolute atomic E-state index is 0.139. The monoisotopic (exact) mass is 363 g/mol. The second-order valence-electron chi connectivity index (χ2n) is 6.05. The van der Waals surface area contributed by atoms with Gasteiger partial charge in [0, 0.05) is 0 Å². The highest BCUT2D eigenvalue weighted by molar-refractivity contribution is 7.92. The van der Waals surface area contributed by atoms with Gasteiger partial charge in [0.1, 0.15) is 11.5 Å². The number of nitrogens with one attached hydrogen (secondary N) is 1. The summed E-state index contributed by atoms with van der Waals surface area (Å²) in [7, 11) is -2.16. The Bertz CT molecular complexity index is 844. The first-order valence-electron chi connectivity index (χ1n) is 8.23. The number of methoxy groups -OCH3 is 1. The molecular formula is C19H25NO4S. The number of sulfonamides is 1. The van der Waals surface area contributed by atoms with Crippen LogP contribution in [-0.4, -0.2) is 22.1 Å². The third kappa shape index (κ3) is 4.25. The summed E-state index contributed by atoms with van der Waals surface area (Å²) in [4.78, 5) is 0.239. The molecule has 2 aromatic carbocycles. The minimum Gasteiger partial charge on any atom is -0.496 e. The van der Waals surface area contributed by atoms with Gasteiger partial charge < -0.3 is 9.47 Å². The van der Waals surface area contributed by atoms with E-state index < -0.39 is 10.0 Å². The van der Waals surface area contributed by atoms with Crippen molar-refractivity contribution in [3.63, 3.8) is 0 Å². The Morgan fingerprint density at radius 3 is 2.40 bits per heavy atom. The van der Waals surface area contributed by atoms with Crippen molar-refractivity contribution in [2.45, 2.75) is 38.5 Å². The second-order valence-corrected chi connectivity index (χ2v) is 7.70. The summed E-state index contributed by atoms with van der Waals surface area (Å²) in [6.45, 7) is 8.07. The van der Waals surface area contributed by atoms with Gasteiger partial charge in [-0.2, -0.15) is 0 Å². The van der Waals surface area contributed by atoms with E-state index in [0.29, 0.717) is 29.4 Å². The van der Waals surface area contributed by atoms with Gasteiger partial charge in [-0.05, 0) is 55.2 Å². The predicted molar refractivity (Wildman–Crippen MR) is 100 cm³/mol. The van der Waals surface area contributed by atoms with Gasteiger partial charge in [-0.25, -0.2) is 8.42 Å². The summed E-state index contributed by atoms with van der Waals surface area (Å²) < 4.78 is 39.4. The topological polar surface area (TPSA) is 64.6 Å². The van der Waals surface area contributed by atoms with Crippen LogP contribution in [0, 0.1) is 6.92 Å². The first-order valence-corrected chi connectivity index (χ1v) is 9.71. The molecule has 25 heavy (non-hydrogen) atoms. The first-order chi connectivity index (χ1) is 11.8. The van der Waals surface area contributed by atoms with Crippen LogP contribution in [-0.2, 0) is 10.0 Å². The molecule has 2 aromatic rings. The highest BCUT2D eigenvalue weighted by atomic mass is 32.2. The van der Waals surface area contributed by atoms with Gasteiger partial charge in [-0.15, -0.1) is 0 Å². The molecule has 0 atom stereocenters. The maximum atomic E-state index is 12.9. The van der Waals surface area contributed by atoms with Crippen LogP contribution in [0.2, 0.25) is 0 Å². The standard InChI is InChI=1S/C19H25NO4S/c1-6-24-17-10-8-7-9-16(17)20-25(21,22)19-12-15(13(2)3)18(23-5)11-14(19)4/h7-13,20H,6H2,1-5H3. The third-order valence-corrected chi connectivity index (χ3v) is 5.38. The lowest BCUT2D eigenvalue weighted by Gasteiger charge is -2.18. The molecule has 2 rings (SSSR count). The van der Waals surface area contributed by atoms with Crippen LogP contribution in [0.1, 0.15) is 37.8 Å². The second kappa shape index (κ2) is 7.78. The molecule has 0 aliphatic heterocycles. The number of hydrogen-bond donors (Lipinski definition) is 1. The quantitative estimate of drug-likeness (QED) is 0.795. The average Bonchev–Trinajstić information content (AvgIpc) is 2.55. The molecule has 0 bridgehead atoms. The van der Waals surface area contributed by atoms with Gasteiger partial charge in [-0.3, -0.25) is 4.72 Å². The Labute approximate surface area is 150 Å². The van der Waals surface area contributed by atoms with E-state index in [1.165, 1.54) is 0 Å². The fourth-order valence-corrected chi connectivity index (χ4v) is 3.96. The van der Waals surface area contributed by atoms with Crippen LogP contribution in [0.15, 0.2) is 41.3 Å². The highest BCUT2D eigenvalue weighted by Crippen LogP contribution is 2.33. The lowest BCUT2D eigenvalue weighted by atomic mass is 10.0. The summed E-state index contributed by atoms with van der Waals surface area (Å²) in [6, 6.07) is 10.4. The molecule has 0 amide bonds. The molecule has 6 heteroatoms. The molecule has 0 unspecified atom stereocenters. The molecule has 0 saturated heterocycles. The smallest absolute Gasteiger partial charge is 0.262 e. The number of para-hydroxylation sites is 2. The minimum atomic E-state index is -3.75. The maximum absolute atomic E-state index is 12.9. The zero-order chi connectivity index (χ0) is 18.6. The summed E-state index contributed by atoms with van der Waals surface area (Å²) in [5, 5.41) is 0. The molecule has 1 N–H and O–H groups in total. The van der Waals surface area contributed by atoms with Crippen LogP contribution < -0.4 is 14.2 Å². The molecule has 136 valence electrons. The number of aryl methyl sites for hydroxylation is 1. The summed E-state index contributed by atoms with van der Waals surface area (Å²) >= 11 is 0. The Balaban J connectivity index is 2.49. The van der Waals surface area contributed by atoms with Gasteiger partial charge >= 0.3 is 0 Å². The summed E-state index contributed by atoms with van der Waals surface area (Å²) in [6.07, 6.45) is 0. The van der Waals surface area contributed by atoms with E-state index in [2.05, 4.69) is 4.72 Å². The van der Waals surface area contributed by atoms with Crippen LogP contribution in [0.5, 0.6) is 11.5 Å². The van der Waals surface area contributed by atoms with E-state index >= 15 is 0 Å². The Morgan fingerprint density at radius 1 is 1.12 bits per heavy atom. The van der Waals surface area contributed by atoms with Crippen molar-refractivity contribution in [1.29, 1.82) is 0 Å². The van der Waals surface area contributed by atoms with Gasteiger partial charge in [0.15, 0.2) is 0 Å². The van der Waals surface area contributed by atoms with Crippen molar-refractivity contribution in [2.24, 2.45) is 0 Å². The average molecular weight is 363 g/mol. The maximum Gasteiger partial charge on any atom is 0.262 e. The van der Waals surface area contributed by atoms with E-state index in [0.717, 1.165) is 5.56 Å². The lowest BCUT2D eigenvalue weighted by molar-refractivity contribution is 0.342. The number of rotatable bonds is 7. The predicted octanol–water partition coefficient (Wildman–Crippen LogP) is 4.33. The molecule has 0 saturated carbocycles. The van der Waals surface area contributed by atoms with E-state index in [1.54, 1.807) is 50.4 Å². The SMILES string of the molecule is CCOc1ccccc1NS(=O)(=O)c1cc(C(C)C)c(OC)cc1C. The number of ether oxygens (including phenoxy) is 2. The molecule has 0 aromatic heterocycles. The fraction of sp³-hybridized carbons (Fsp3) is 0.368. The van der Waals surface area contributed by atoms with Crippen molar-refractivity contribution in [3.8, 4) is 11.5 Å². The molecule has 0 fully saturated rings. The largest absolute Gasteiger partial charge is 0.496 e. The van der Waals surface area contributed by atoms with Crippen molar-refractivity contribution in [1.82, 2.24) is 0 Å². The molecular weight excluding hydrogens is 338 g/mol. The van der Waals surface area contributed by atoms with Gasteiger partial charge in [0.05, 0.1) is 24.3 Å². The van der Waals surface area contributed by atoms with Gasteiger partial charge in [-0.1, -0.05) is 26.0 Å². The van der Waals surface area contributed by atoms with Crippen molar-refractivity contribution < 1.29 is 17.9 Å². The number of benzene rings is 2. The highest BCUT2D eigenvalue weighted by Gasteiger charge is 2.22. The van der Waals surface area contributed by atoms with E-state index in [1.807, 2.05) is 20.8 Å². The fourth-order valence-electron chi connectivity index (χ4n) is 2.63. The van der Waals surface area contributed by atoms with Gasteiger partial charge in [0.2, 0.25) is 0 Å². The van der Waals surface area contributed by atoms with Crippen LogP contribution in [0.4, 0.5) is 5.69 Å². The number of hydrogen-bond acceptors (Lipinski definition) is 4. The van der Waals surface area contributed by atoms with Crippen molar-refractivity contribution in [2.75, 3.05) is 18.4 Å². The normalized spacial score (nSPS) is 11.4. The van der Waals surface area contributed by atoms with Crippen LogP contribution >= 0.6 is 0 Å². The lowest BCUT2D eigenvalue weighted by Crippen LogP contribution is -2.16. The molecule has 0 spiro atoms. The van der Waals surface area contributed by atoms with Gasteiger partial charge in [0.25, 0.3) is 10.0 Å². The van der Waals surface area contributed by atoms with Crippen LogP contribution in [0.3, 0.4) is 0 Å². The molecule has 0 radical (unpaired) electrons. The Morgan fingerprint density at radius 2 is 1.80 bits per heavy atom. The summed E-state index contributed by atoms with van der Waals surface area (Å²) in [5.41, 5.74) is 1.90. The molecule has 0 heterocycles. The van der Waals surface area contributed by atoms with E-state index in [-0.39, 0.29) is 10.8 Å². The molecule has 5 nitrogen and oxygen atoms in total. The molecule has 0 aliphatic carbocycles. The first kappa shape index (κ1) is 19.1. The van der Waals surface area contributed by atoms with E-state index in [9.17, 15) is 8.42 Å². The van der Waals surface area contributed by atoms with E-state index in [4.69, 9.17) is 9.47 Å². The molecule has 0 aliphatic rings. The third-order valence-electron chi connectivity index (χ3n) is 3.87. The van der Waals surface area contributed by atoms with Crippen molar-refractivity contribution in [3.05, 3.63) is 47.5 Å². The number of anilines is 1. The Kier molecular flexibility index (Phi) is 5.95. The zero-order valence-corrected chi connectivity index (χ0v) is 16.1. The van der Waals surface area contributed by atoms with Crippen LogP contribution in [0.25, 0.3) is 0 Å². The Hall–Kier alpha value is -2.21. The summed E-state index contributed by atoms with van der Waals surface area (Å²) in [5.74, 6) is 1.34.